The van der Waals surface area contributed by atoms with Gasteiger partial charge in [0.05, 0.1) is 11.3 Å². The van der Waals surface area contributed by atoms with Crippen LogP contribution in [-0.4, -0.2) is 37.0 Å². The van der Waals surface area contributed by atoms with E-state index in [0.29, 0.717) is 44.1 Å². The first-order chi connectivity index (χ1) is 10.4. The second-order valence-electron chi connectivity index (χ2n) is 5.49. The van der Waals surface area contributed by atoms with Gasteiger partial charge in [0.25, 0.3) is 0 Å². The second kappa shape index (κ2) is 5.35. The second-order valence-corrected chi connectivity index (χ2v) is 5.49. The molecule has 0 spiro atoms. The molecule has 120 valence electrons. The van der Waals surface area contributed by atoms with Crippen molar-refractivity contribution in [1.29, 1.82) is 0 Å². The Balaban J connectivity index is 1.90. The molecular formula is C14H17F3N4O. The first kappa shape index (κ1) is 15.0. The summed E-state index contributed by atoms with van der Waals surface area (Å²) in [6.45, 7) is 4.12. The highest BCUT2D eigenvalue weighted by molar-refractivity contribution is 5.74. The zero-order chi connectivity index (χ0) is 15.9. The van der Waals surface area contributed by atoms with Crippen LogP contribution in [0.25, 0.3) is 0 Å². The maximum absolute atomic E-state index is 13.1. The van der Waals surface area contributed by atoms with Crippen molar-refractivity contribution >= 4 is 17.3 Å². The van der Waals surface area contributed by atoms with Crippen molar-refractivity contribution < 1.29 is 18.0 Å². The number of alkyl halides is 3. The molecule has 0 bridgehead atoms. The van der Waals surface area contributed by atoms with Crippen molar-refractivity contribution in [3.8, 4) is 0 Å². The molecule has 1 aromatic carbocycles. The number of rotatable bonds is 1. The average Bonchev–Trinajstić information content (AvgIpc) is 2.93. The standard InChI is InChI=1S/C14H17F3N4O/c1-9(22)20-2-4-21(5-3-20)13-7-10(14(15,16)17)6-12-11(13)8-18-19-12/h6-7,18-19H,2-5,8H2,1H3. The number of carbonyl (C=O) groups excluding carboxylic acids is 1. The van der Waals surface area contributed by atoms with Crippen LogP contribution < -0.4 is 15.8 Å². The van der Waals surface area contributed by atoms with Crippen LogP contribution >= 0.6 is 0 Å². The Bertz CT molecular complexity index is 594. The summed E-state index contributed by atoms with van der Waals surface area (Å²) in [5, 5.41) is 0. The van der Waals surface area contributed by atoms with Gasteiger partial charge in [-0.05, 0) is 12.1 Å². The van der Waals surface area contributed by atoms with Gasteiger partial charge in [-0.1, -0.05) is 0 Å². The first-order valence-electron chi connectivity index (χ1n) is 7.10. The number of hydrazine groups is 1. The number of benzene rings is 1. The number of hydrogen-bond acceptors (Lipinski definition) is 4. The van der Waals surface area contributed by atoms with Gasteiger partial charge in [0.15, 0.2) is 0 Å². The van der Waals surface area contributed by atoms with E-state index in [0.717, 1.165) is 11.6 Å². The van der Waals surface area contributed by atoms with E-state index in [1.165, 1.54) is 13.0 Å². The lowest BCUT2D eigenvalue weighted by Gasteiger charge is -2.36. The quantitative estimate of drug-likeness (QED) is 0.830. The van der Waals surface area contributed by atoms with Gasteiger partial charge in [0, 0.05) is 50.9 Å². The third-order valence-electron chi connectivity index (χ3n) is 4.11. The summed E-state index contributed by atoms with van der Waals surface area (Å²) in [5.74, 6) is -0.00254. The van der Waals surface area contributed by atoms with Crippen molar-refractivity contribution in [2.24, 2.45) is 0 Å². The van der Waals surface area contributed by atoms with Gasteiger partial charge in [-0.3, -0.25) is 4.79 Å². The van der Waals surface area contributed by atoms with Gasteiger partial charge in [-0.25, -0.2) is 5.43 Å². The molecule has 0 radical (unpaired) electrons. The summed E-state index contributed by atoms with van der Waals surface area (Å²) in [4.78, 5) is 15.0. The Kier molecular flexibility index (Phi) is 3.64. The smallest absolute Gasteiger partial charge is 0.368 e. The van der Waals surface area contributed by atoms with Crippen molar-refractivity contribution in [1.82, 2.24) is 10.3 Å². The van der Waals surface area contributed by atoms with E-state index in [4.69, 9.17) is 0 Å². The van der Waals surface area contributed by atoms with Crippen LogP contribution in [0.4, 0.5) is 24.5 Å². The van der Waals surface area contributed by atoms with Crippen molar-refractivity contribution in [2.75, 3.05) is 36.5 Å². The molecule has 0 saturated carbocycles. The Hall–Kier alpha value is -1.96. The fourth-order valence-electron chi connectivity index (χ4n) is 2.89. The third-order valence-corrected chi connectivity index (χ3v) is 4.11. The van der Waals surface area contributed by atoms with E-state index in [-0.39, 0.29) is 5.91 Å². The van der Waals surface area contributed by atoms with Gasteiger partial charge in [-0.15, -0.1) is 0 Å². The Morgan fingerprint density at radius 1 is 1.18 bits per heavy atom. The monoisotopic (exact) mass is 314 g/mol. The average molecular weight is 314 g/mol. The molecule has 2 heterocycles. The molecule has 3 rings (SSSR count). The molecule has 0 aromatic heterocycles. The number of anilines is 2. The van der Waals surface area contributed by atoms with E-state index in [1.807, 2.05) is 4.90 Å². The van der Waals surface area contributed by atoms with Crippen LogP contribution in [0.1, 0.15) is 18.1 Å². The van der Waals surface area contributed by atoms with Gasteiger partial charge >= 0.3 is 6.18 Å². The van der Waals surface area contributed by atoms with E-state index < -0.39 is 11.7 Å². The summed E-state index contributed by atoms with van der Waals surface area (Å²) < 4.78 is 39.2. The molecule has 2 N–H and O–H groups in total. The fraction of sp³-hybridized carbons (Fsp3) is 0.500. The summed E-state index contributed by atoms with van der Waals surface area (Å²) in [5.41, 5.74) is 6.88. The number of halogens is 3. The Labute approximate surface area is 126 Å². The third kappa shape index (κ3) is 2.70. The van der Waals surface area contributed by atoms with E-state index in [2.05, 4.69) is 10.9 Å². The van der Waals surface area contributed by atoms with E-state index in [9.17, 15) is 18.0 Å². The van der Waals surface area contributed by atoms with Crippen molar-refractivity contribution in [3.05, 3.63) is 23.3 Å². The molecule has 8 heteroatoms. The lowest BCUT2D eigenvalue weighted by molar-refractivity contribution is -0.137. The van der Waals surface area contributed by atoms with Gasteiger partial charge in [-0.2, -0.15) is 13.2 Å². The van der Waals surface area contributed by atoms with Crippen molar-refractivity contribution in [2.45, 2.75) is 19.6 Å². The molecule has 0 aliphatic carbocycles. The van der Waals surface area contributed by atoms with Crippen molar-refractivity contribution in [3.63, 3.8) is 0 Å². The number of nitrogens with one attached hydrogen (secondary N) is 2. The maximum atomic E-state index is 13.1. The number of fused-ring (bicyclic) bond motifs is 1. The van der Waals surface area contributed by atoms with Crippen LogP contribution in [-0.2, 0) is 17.5 Å². The minimum absolute atomic E-state index is 0.00254. The Morgan fingerprint density at radius 3 is 2.45 bits per heavy atom. The van der Waals surface area contributed by atoms with Crippen LogP contribution in [0, 0.1) is 0 Å². The van der Waals surface area contributed by atoms with Crippen LogP contribution in [0.3, 0.4) is 0 Å². The first-order valence-corrected chi connectivity index (χ1v) is 7.10. The molecule has 1 fully saturated rings. The summed E-state index contributed by atoms with van der Waals surface area (Å²) in [6.07, 6.45) is -4.38. The Morgan fingerprint density at radius 2 is 1.86 bits per heavy atom. The highest BCUT2D eigenvalue weighted by Crippen LogP contribution is 2.39. The largest absolute Gasteiger partial charge is 0.416 e. The van der Waals surface area contributed by atoms with Gasteiger partial charge in [0.2, 0.25) is 5.91 Å². The number of nitrogens with zero attached hydrogens (tertiary/aromatic N) is 2. The van der Waals surface area contributed by atoms with Gasteiger partial charge in [0.1, 0.15) is 0 Å². The normalized spacial score (nSPS) is 18.2. The molecule has 2 aliphatic heterocycles. The summed E-state index contributed by atoms with van der Waals surface area (Å²) >= 11 is 0. The lowest BCUT2D eigenvalue weighted by atomic mass is 10.0. The highest BCUT2D eigenvalue weighted by atomic mass is 19.4. The fourth-order valence-corrected chi connectivity index (χ4v) is 2.89. The minimum Gasteiger partial charge on any atom is -0.368 e. The minimum atomic E-state index is -4.38. The lowest BCUT2D eigenvalue weighted by Crippen LogP contribution is -2.48. The molecular weight excluding hydrogens is 297 g/mol. The predicted octanol–water partition coefficient (Wildman–Crippen LogP) is 1.80. The number of amides is 1. The molecule has 0 atom stereocenters. The number of hydrogen-bond donors (Lipinski definition) is 2. The predicted molar refractivity (Wildman–Crippen MR) is 76.4 cm³/mol. The molecule has 22 heavy (non-hydrogen) atoms. The SMILES string of the molecule is CC(=O)N1CCN(c2cc(C(F)(F)F)cc3c2CNN3)CC1. The van der Waals surface area contributed by atoms with Crippen LogP contribution in [0.15, 0.2) is 12.1 Å². The van der Waals surface area contributed by atoms with Crippen LogP contribution in [0.2, 0.25) is 0 Å². The van der Waals surface area contributed by atoms with E-state index >= 15 is 0 Å². The molecule has 2 aliphatic rings. The van der Waals surface area contributed by atoms with E-state index in [1.54, 1.807) is 4.90 Å². The molecule has 1 amide bonds. The topological polar surface area (TPSA) is 47.6 Å². The summed E-state index contributed by atoms with van der Waals surface area (Å²) in [6, 6.07) is 2.33. The van der Waals surface area contributed by atoms with Crippen LogP contribution in [0.5, 0.6) is 0 Å². The summed E-state index contributed by atoms with van der Waals surface area (Å²) in [7, 11) is 0. The molecule has 0 unspecified atom stereocenters. The molecule has 5 nitrogen and oxygen atoms in total. The molecule has 1 saturated heterocycles. The molecule has 1 aromatic rings. The zero-order valence-corrected chi connectivity index (χ0v) is 12.1. The number of piperazine rings is 1. The zero-order valence-electron chi connectivity index (χ0n) is 12.1. The van der Waals surface area contributed by atoms with Gasteiger partial charge < -0.3 is 15.2 Å². The highest BCUT2D eigenvalue weighted by Gasteiger charge is 2.34. The number of carbonyl (C=O) groups is 1. The maximum Gasteiger partial charge on any atom is 0.416 e.